The van der Waals surface area contributed by atoms with Crippen molar-refractivity contribution >= 4 is 8.07 Å². The van der Waals surface area contributed by atoms with E-state index in [1.165, 1.54) is 44.9 Å². The van der Waals surface area contributed by atoms with Gasteiger partial charge in [-0.1, -0.05) is 89.8 Å². The van der Waals surface area contributed by atoms with Crippen LogP contribution in [0, 0.1) is 23.7 Å². The second kappa shape index (κ2) is 6.67. The zero-order valence-electron chi connectivity index (χ0n) is 15.2. The van der Waals surface area contributed by atoms with Crippen molar-refractivity contribution in [3.63, 3.8) is 0 Å². The fraction of sp³-hybridized carbons (Fsp3) is 0.810. The summed E-state index contributed by atoms with van der Waals surface area (Å²) in [6, 6.07) is 0. The molecule has 0 nitrogen and oxygen atoms in total. The van der Waals surface area contributed by atoms with E-state index in [1.807, 2.05) is 0 Å². The number of hydrogen-bond donors (Lipinski definition) is 0. The maximum Gasteiger partial charge on any atom is 0.0542 e. The molecule has 6 atom stereocenters. The Balaban J connectivity index is 1.76. The van der Waals surface area contributed by atoms with Crippen molar-refractivity contribution in [2.24, 2.45) is 23.7 Å². The van der Waals surface area contributed by atoms with Gasteiger partial charge in [-0.15, -0.1) is 0 Å². The topological polar surface area (TPSA) is 0 Å². The first-order valence-corrected chi connectivity index (χ1v) is 13.1. The summed E-state index contributed by atoms with van der Waals surface area (Å²) in [5.41, 5.74) is 2.02. The average Bonchev–Trinajstić information content (AvgIpc) is 2.98. The highest BCUT2D eigenvalue weighted by Crippen LogP contribution is 2.55. The van der Waals surface area contributed by atoms with Gasteiger partial charge < -0.3 is 0 Å². The third-order valence-electron chi connectivity index (χ3n) is 7.84. The van der Waals surface area contributed by atoms with Gasteiger partial charge in [0.2, 0.25) is 0 Å². The normalized spacial score (nSPS) is 39.7. The summed E-state index contributed by atoms with van der Waals surface area (Å²) in [5.74, 6) is 3.79. The van der Waals surface area contributed by atoms with Crippen LogP contribution in [-0.2, 0) is 0 Å². The average molecular weight is 317 g/mol. The van der Waals surface area contributed by atoms with Crippen molar-refractivity contribution in [2.75, 3.05) is 0 Å². The third kappa shape index (κ3) is 2.90. The largest absolute Gasteiger partial charge is 0.0808 e. The van der Waals surface area contributed by atoms with Gasteiger partial charge in [-0.3, -0.25) is 0 Å². The standard InChI is InChI=1S/C21H36Si/c1-5-17-10-6-8-12-19(17)16(2)22(3,4)21-15-14-18-11-7-9-13-20(18)21/h7,9,11,13,16-21H,5-6,8,10,12,14-15H2,1-4H3/t16?,17?,18?,19?,20?,21-/m0/s1. The van der Waals surface area contributed by atoms with Crippen LogP contribution < -0.4 is 0 Å². The highest BCUT2D eigenvalue weighted by atomic mass is 28.3. The van der Waals surface area contributed by atoms with Gasteiger partial charge in [-0.2, -0.15) is 0 Å². The Morgan fingerprint density at radius 2 is 1.73 bits per heavy atom. The molecule has 0 heterocycles. The van der Waals surface area contributed by atoms with Gasteiger partial charge in [0.1, 0.15) is 0 Å². The van der Waals surface area contributed by atoms with Crippen LogP contribution in [0.15, 0.2) is 24.3 Å². The van der Waals surface area contributed by atoms with Crippen LogP contribution in [0.25, 0.3) is 0 Å². The molecule has 3 rings (SSSR count). The zero-order chi connectivity index (χ0) is 15.7. The predicted molar refractivity (Wildman–Crippen MR) is 101 cm³/mol. The van der Waals surface area contributed by atoms with E-state index >= 15 is 0 Å². The first-order valence-electron chi connectivity index (χ1n) is 9.90. The van der Waals surface area contributed by atoms with E-state index < -0.39 is 8.07 Å². The smallest absolute Gasteiger partial charge is 0.0542 e. The molecule has 0 bridgehead atoms. The number of hydrogen-bond acceptors (Lipinski definition) is 0. The summed E-state index contributed by atoms with van der Waals surface area (Å²) >= 11 is 0. The predicted octanol–water partition coefficient (Wildman–Crippen LogP) is 6.82. The molecule has 0 spiro atoms. The molecule has 0 amide bonds. The van der Waals surface area contributed by atoms with E-state index in [4.69, 9.17) is 0 Å². The van der Waals surface area contributed by atoms with Gasteiger partial charge >= 0.3 is 0 Å². The minimum absolute atomic E-state index is 0.863. The molecule has 5 unspecified atom stereocenters. The summed E-state index contributed by atoms with van der Waals surface area (Å²) in [6.45, 7) is 10.6. The molecular weight excluding hydrogens is 280 g/mol. The van der Waals surface area contributed by atoms with Crippen LogP contribution in [0.4, 0.5) is 0 Å². The van der Waals surface area contributed by atoms with E-state index in [1.54, 1.807) is 0 Å². The molecule has 0 aromatic carbocycles. The Bertz CT molecular complexity index is 433. The van der Waals surface area contributed by atoms with E-state index in [-0.39, 0.29) is 0 Å². The molecule has 0 aromatic rings. The number of rotatable bonds is 4. The lowest BCUT2D eigenvalue weighted by molar-refractivity contribution is 0.220. The molecule has 0 aromatic heterocycles. The van der Waals surface area contributed by atoms with Gasteiger partial charge in [-0.05, 0) is 41.2 Å². The minimum Gasteiger partial charge on any atom is -0.0808 e. The summed E-state index contributed by atoms with van der Waals surface area (Å²) in [4.78, 5) is 0. The van der Waals surface area contributed by atoms with Gasteiger partial charge in [0, 0.05) is 0 Å². The molecule has 1 heteroatoms. The Kier molecular flexibility index (Phi) is 5.02. The maximum absolute atomic E-state index is 2.73. The van der Waals surface area contributed by atoms with Gasteiger partial charge in [0.15, 0.2) is 0 Å². The highest BCUT2D eigenvalue weighted by molar-refractivity contribution is 6.80. The van der Waals surface area contributed by atoms with Crippen LogP contribution in [0.2, 0.25) is 24.2 Å². The molecule has 124 valence electrons. The van der Waals surface area contributed by atoms with Crippen LogP contribution in [0.5, 0.6) is 0 Å². The molecule has 3 aliphatic rings. The molecule has 2 fully saturated rings. The minimum atomic E-state index is -1.21. The van der Waals surface area contributed by atoms with E-state index in [0.29, 0.717) is 0 Å². The second-order valence-corrected chi connectivity index (χ2v) is 14.2. The van der Waals surface area contributed by atoms with Crippen molar-refractivity contribution < 1.29 is 0 Å². The lowest BCUT2D eigenvalue weighted by Gasteiger charge is -2.46. The molecule has 0 radical (unpaired) electrons. The van der Waals surface area contributed by atoms with Crippen molar-refractivity contribution in [1.29, 1.82) is 0 Å². The fourth-order valence-corrected chi connectivity index (χ4v) is 10.6. The van der Waals surface area contributed by atoms with E-state index in [0.717, 1.165) is 34.8 Å². The third-order valence-corrected chi connectivity index (χ3v) is 13.2. The molecular formula is C21H36Si. The van der Waals surface area contributed by atoms with Gasteiger partial charge in [0.05, 0.1) is 8.07 Å². The van der Waals surface area contributed by atoms with Crippen molar-refractivity contribution in [2.45, 2.75) is 83.0 Å². The summed E-state index contributed by atoms with van der Waals surface area (Å²) in [7, 11) is -1.21. The van der Waals surface area contributed by atoms with Crippen LogP contribution in [-0.4, -0.2) is 8.07 Å². The maximum atomic E-state index is 2.73. The number of allylic oxidation sites excluding steroid dienone is 4. The molecule has 0 saturated heterocycles. The van der Waals surface area contributed by atoms with Crippen molar-refractivity contribution in [3.8, 4) is 0 Å². The summed E-state index contributed by atoms with van der Waals surface area (Å²) < 4.78 is 0. The van der Waals surface area contributed by atoms with Crippen molar-refractivity contribution in [3.05, 3.63) is 24.3 Å². The quantitative estimate of drug-likeness (QED) is 0.499. The Morgan fingerprint density at radius 3 is 2.50 bits per heavy atom. The lowest BCUT2D eigenvalue weighted by atomic mass is 9.76. The first kappa shape index (κ1) is 16.6. The zero-order valence-corrected chi connectivity index (χ0v) is 16.2. The Labute approximate surface area is 139 Å². The lowest BCUT2D eigenvalue weighted by Crippen LogP contribution is -2.44. The summed E-state index contributed by atoms with van der Waals surface area (Å²) in [6.07, 6.45) is 20.0. The SMILES string of the molecule is CCC1CCCCC1C(C)[Si](C)(C)[C@H]1CCC2C=CC=CC21. The monoisotopic (exact) mass is 316 g/mol. The molecule has 22 heavy (non-hydrogen) atoms. The molecule has 0 N–H and O–H groups in total. The van der Waals surface area contributed by atoms with E-state index in [9.17, 15) is 0 Å². The second-order valence-electron chi connectivity index (χ2n) is 8.92. The van der Waals surface area contributed by atoms with E-state index in [2.05, 4.69) is 51.2 Å². The Hall–Kier alpha value is -0.303. The van der Waals surface area contributed by atoms with Crippen LogP contribution in [0.1, 0.15) is 58.8 Å². The van der Waals surface area contributed by atoms with Crippen molar-refractivity contribution in [1.82, 2.24) is 0 Å². The number of fused-ring (bicyclic) bond motifs is 1. The first-order chi connectivity index (χ1) is 10.6. The highest BCUT2D eigenvalue weighted by Gasteiger charge is 2.48. The van der Waals surface area contributed by atoms with Gasteiger partial charge in [-0.25, -0.2) is 0 Å². The summed E-state index contributed by atoms with van der Waals surface area (Å²) in [5, 5.41) is 0. The van der Waals surface area contributed by atoms with Gasteiger partial charge in [0.25, 0.3) is 0 Å². The molecule has 2 saturated carbocycles. The Morgan fingerprint density at radius 1 is 1.00 bits per heavy atom. The molecule has 0 aliphatic heterocycles. The molecule has 3 aliphatic carbocycles. The fourth-order valence-electron chi connectivity index (χ4n) is 6.11. The van der Waals surface area contributed by atoms with Crippen LogP contribution in [0.3, 0.4) is 0 Å². The van der Waals surface area contributed by atoms with Crippen LogP contribution >= 0.6 is 0 Å².